The summed E-state index contributed by atoms with van der Waals surface area (Å²) in [7, 11) is 0. The smallest absolute Gasteiger partial charge is 0.232 e. The molecule has 0 radical (unpaired) electrons. The number of carbonyl (C=O) groups excluding carboxylic acids is 2. The number of rotatable bonds is 2. The van der Waals surface area contributed by atoms with Gasteiger partial charge in [0.15, 0.2) is 0 Å². The summed E-state index contributed by atoms with van der Waals surface area (Å²) in [6.07, 6.45) is 5.81. The van der Waals surface area contributed by atoms with E-state index in [1.54, 1.807) is 12.4 Å². The van der Waals surface area contributed by atoms with Crippen molar-refractivity contribution < 1.29 is 9.59 Å². The lowest BCUT2D eigenvalue weighted by atomic mass is 9.97. The Morgan fingerprint density at radius 3 is 2.56 bits per heavy atom. The summed E-state index contributed by atoms with van der Waals surface area (Å²) in [5, 5.41) is 0. The topological polar surface area (TPSA) is 66.1 Å². The van der Waals surface area contributed by atoms with Crippen LogP contribution in [0.2, 0.25) is 0 Å². The Labute approximate surface area is 92.9 Å². The number of piperidine rings is 1. The van der Waals surface area contributed by atoms with E-state index in [1.807, 2.05) is 0 Å². The van der Waals surface area contributed by atoms with Crippen molar-refractivity contribution in [2.24, 2.45) is 11.8 Å². The molecule has 1 saturated heterocycles. The molecule has 3 rings (SSSR count). The quantitative estimate of drug-likeness (QED) is 0.744. The Hall–Kier alpha value is -1.65. The fourth-order valence-electron chi connectivity index (χ4n) is 2.67. The normalized spacial score (nSPS) is 28.9. The number of likely N-dealkylation sites (tertiary alicyclic amines) is 1. The van der Waals surface area contributed by atoms with Gasteiger partial charge in [-0.2, -0.15) is 0 Å². The zero-order valence-corrected chi connectivity index (χ0v) is 8.85. The number of imidazole rings is 1. The highest BCUT2D eigenvalue weighted by Crippen LogP contribution is 2.38. The summed E-state index contributed by atoms with van der Waals surface area (Å²) in [4.78, 5) is 32.3. The number of hydrogen-bond donors (Lipinski definition) is 1. The van der Waals surface area contributed by atoms with Crippen LogP contribution in [-0.4, -0.2) is 26.7 Å². The first-order valence-corrected chi connectivity index (χ1v) is 5.59. The van der Waals surface area contributed by atoms with Gasteiger partial charge in [0.25, 0.3) is 0 Å². The number of nitrogens with zero attached hydrogens (tertiary/aromatic N) is 2. The lowest BCUT2D eigenvalue weighted by Gasteiger charge is -2.28. The summed E-state index contributed by atoms with van der Waals surface area (Å²) in [5.74, 6) is 0.767. The van der Waals surface area contributed by atoms with Gasteiger partial charge in [-0.3, -0.25) is 14.5 Å². The van der Waals surface area contributed by atoms with Crippen molar-refractivity contribution in [2.45, 2.75) is 25.8 Å². The summed E-state index contributed by atoms with van der Waals surface area (Å²) in [6.45, 7) is 0.289. The molecule has 2 amide bonds. The van der Waals surface area contributed by atoms with Crippen molar-refractivity contribution in [3.8, 4) is 0 Å². The van der Waals surface area contributed by atoms with Crippen LogP contribution in [0.25, 0.3) is 0 Å². The summed E-state index contributed by atoms with van der Waals surface area (Å²) in [5.41, 5.74) is 0. The third kappa shape index (κ3) is 1.35. The van der Waals surface area contributed by atoms with Gasteiger partial charge in [0, 0.05) is 24.2 Å². The minimum absolute atomic E-state index is 0.0184. The largest absolute Gasteiger partial charge is 0.347 e. The maximum absolute atomic E-state index is 12.0. The molecule has 1 N–H and O–H groups in total. The van der Waals surface area contributed by atoms with E-state index in [0.717, 1.165) is 19.3 Å². The van der Waals surface area contributed by atoms with Crippen molar-refractivity contribution >= 4 is 11.8 Å². The highest BCUT2D eigenvalue weighted by Gasteiger charge is 2.45. The molecule has 2 unspecified atom stereocenters. The van der Waals surface area contributed by atoms with Crippen LogP contribution in [0.15, 0.2) is 12.4 Å². The van der Waals surface area contributed by atoms with Crippen LogP contribution >= 0.6 is 0 Å². The average molecular weight is 219 g/mol. The Morgan fingerprint density at radius 1 is 1.31 bits per heavy atom. The fourth-order valence-corrected chi connectivity index (χ4v) is 2.67. The Morgan fingerprint density at radius 2 is 2.00 bits per heavy atom. The van der Waals surface area contributed by atoms with Gasteiger partial charge in [-0.25, -0.2) is 4.98 Å². The number of fused-ring (bicyclic) bond motifs is 2. The first-order chi connectivity index (χ1) is 7.75. The van der Waals surface area contributed by atoms with E-state index in [1.165, 1.54) is 4.90 Å². The highest BCUT2D eigenvalue weighted by atomic mass is 16.2. The molecule has 16 heavy (non-hydrogen) atoms. The van der Waals surface area contributed by atoms with E-state index in [9.17, 15) is 9.59 Å². The number of aromatic amines is 1. The monoisotopic (exact) mass is 219 g/mol. The van der Waals surface area contributed by atoms with E-state index >= 15 is 0 Å². The first-order valence-electron chi connectivity index (χ1n) is 5.59. The van der Waals surface area contributed by atoms with E-state index in [2.05, 4.69) is 9.97 Å². The maximum Gasteiger partial charge on any atom is 0.232 e. The molecule has 0 spiro atoms. The standard InChI is InChI=1S/C11H13N3O2/c15-10-7-1-2-8(5-7)11(16)14(10)6-9-12-3-4-13-9/h3-4,7-8H,1-2,5-6H2,(H,12,13). The molecule has 5 nitrogen and oxygen atoms in total. The second-order valence-corrected chi connectivity index (χ2v) is 4.51. The Kier molecular flexibility index (Phi) is 2.05. The van der Waals surface area contributed by atoms with Crippen LogP contribution in [0, 0.1) is 11.8 Å². The molecule has 2 bridgehead atoms. The summed E-state index contributed by atoms with van der Waals surface area (Å²) < 4.78 is 0. The number of carbonyl (C=O) groups is 2. The lowest BCUT2D eigenvalue weighted by Crippen LogP contribution is -2.45. The van der Waals surface area contributed by atoms with Crippen molar-refractivity contribution in [3.05, 3.63) is 18.2 Å². The molecule has 1 aliphatic carbocycles. The fraction of sp³-hybridized carbons (Fsp3) is 0.545. The third-order valence-electron chi connectivity index (χ3n) is 3.53. The molecule has 1 aliphatic heterocycles. The van der Waals surface area contributed by atoms with E-state index in [0.29, 0.717) is 5.82 Å². The number of aromatic nitrogens is 2. The number of imide groups is 1. The number of hydrogen-bond acceptors (Lipinski definition) is 3. The molecule has 2 fully saturated rings. The highest BCUT2D eigenvalue weighted by molar-refractivity contribution is 6.00. The number of nitrogens with one attached hydrogen (secondary N) is 1. The third-order valence-corrected chi connectivity index (χ3v) is 3.53. The first kappa shape index (κ1) is 9.57. The van der Waals surface area contributed by atoms with Gasteiger partial charge in [0.1, 0.15) is 5.82 Å². The second kappa shape index (κ2) is 3.43. The molecule has 2 heterocycles. The van der Waals surface area contributed by atoms with Crippen molar-refractivity contribution in [2.75, 3.05) is 0 Å². The Balaban J connectivity index is 1.83. The molecule has 2 aliphatic rings. The van der Waals surface area contributed by atoms with Gasteiger partial charge < -0.3 is 4.98 Å². The average Bonchev–Trinajstić information content (AvgIpc) is 2.92. The van der Waals surface area contributed by atoms with Crippen molar-refractivity contribution in [1.82, 2.24) is 14.9 Å². The minimum atomic E-state index is -0.0184. The minimum Gasteiger partial charge on any atom is -0.347 e. The maximum atomic E-state index is 12.0. The van der Waals surface area contributed by atoms with Crippen LogP contribution in [0.5, 0.6) is 0 Å². The molecule has 1 aromatic heterocycles. The van der Waals surface area contributed by atoms with Crippen molar-refractivity contribution in [3.63, 3.8) is 0 Å². The van der Waals surface area contributed by atoms with Crippen LogP contribution < -0.4 is 0 Å². The zero-order valence-electron chi connectivity index (χ0n) is 8.85. The van der Waals surface area contributed by atoms with E-state index < -0.39 is 0 Å². The van der Waals surface area contributed by atoms with E-state index in [-0.39, 0.29) is 30.2 Å². The zero-order chi connectivity index (χ0) is 11.1. The second-order valence-electron chi connectivity index (χ2n) is 4.51. The predicted octanol–water partition coefficient (Wildman–Crippen LogP) is 0.695. The summed E-state index contributed by atoms with van der Waals surface area (Å²) in [6, 6.07) is 0. The SMILES string of the molecule is O=C1C2CCC(C2)C(=O)N1Cc1ncc[nH]1. The van der Waals surface area contributed by atoms with Crippen LogP contribution in [-0.2, 0) is 16.1 Å². The van der Waals surface area contributed by atoms with Crippen molar-refractivity contribution in [1.29, 1.82) is 0 Å². The molecular weight excluding hydrogens is 206 g/mol. The molecule has 84 valence electrons. The molecule has 2 atom stereocenters. The molecule has 1 aromatic rings. The predicted molar refractivity (Wildman–Crippen MR) is 55.0 cm³/mol. The van der Waals surface area contributed by atoms with Crippen LogP contribution in [0.1, 0.15) is 25.1 Å². The van der Waals surface area contributed by atoms with Crippen LogP contribution in [0.4, 0.5) is 0 Å². The molecule has 0 aromatic carbocycles. The lowest BCUT2D eigenvalue weighted by molar-refractivity contribution is -0.153. The van der Waals surface area contributed by atoms with E-state index in [4.69, 9.17) is 0 Å². The van der Waals surface area contributed by atoms with Gasteiger partial charge in [0.2, 0.25) is 11.8 Å². The van der Waals surface area contributed by atoms with Gasteiger partial charge in [0.05, 0.1) is 6.54 Å². The molecule has 5 heteroatoms. The number of amides is 2. The number of H-pyrrole nitrogens is 1. The summed E-state index contributed by atoms with van der Waals surface area (Å²) >= 11 is 0. The van der Waals surface area contributed by atoms with Crippen LogP contribution in [0.3, 0.4) is 0 Å². The molecular formula is C11H13N3O2. The van der Waals surface area contributed by atoms with Gasteiger partial charge >= 0.3 is 0 Å². The molecule has 1 saturated carbocycles. The van der Waals surface area contributed by atoms with Gasteiger partial charge in [-0.05, 0) is 19.3 Å². The Bertz CT molecular complexity index is 404. The van der Waals surface area contributed by atoms with Gasteiger partial charge in [-0.1, -0.05) is 0 Å². The van der Waals surface area contributed by atoms with Gasteiger partial charge in [-0.15, -0.1) is 0 Å².